The first-order valence-corrected chi connectivity index (χ1v) is 8.75. The normalized spacial score (nSPS) is 15.8. The summed E-state index contributed by atoms with van der Waals surface area (Å²) >= 11 is 0. The van der Waals surface area contributed by atoms with Crippen molar-refractivity contribution in [3.8, 4) is 0 Å². The van der Waals surface area contributed by atoms with Crippen molar-refractivity contribution >= 4 is 5.91 Å². The lowest BCUT2D eigenvalue weighted by atomic mass is 9.94. The van der Waals surface area contributed by atoms with Crippen molar-refractivity contribution in [1.29, 1.82) is 0 Å². The second-order valence-electron chi connectivity index (χ2n) is 6.06. The van der Waals surface area contributed by atoms with Gasteiger partial charge >= 0.3 is 5.69 Å². The van der Waals surface area contributed by atoms with Crippen LogP contribution < -0.4 is 11.0 Å². The number of nitrogens with zero attached hydrogens (tertiary/aromatic N) is 4. The van der Waals surface area contributed by atoms with Crippen molar-refractivity contribution in [2.24, 2.45) is 5.92 Å². The van der Waals surface area contributed by atoms with Crippen molar-refractivity contribution < 1.29 is 4.79 Å². The molecule has 0 aliphatic carbocycles. The fourth-order valence-corrected chi connectivity index (χ4v) is 3.21. The van der Waals surface area contributed by atoms with Crippen LogP contribution in [0.25, 0.3) is 0 Å². The SMILES string of the molecule is CCN(CC)C(=O)Cn1nc(CC2CCNCC2)n(CC)c1=O. The molecule has 1 amide bonds. The second-order valence-corrected chi connectivity index (χ2v) is 6.06. The molecule has 0 radical (unpaired) electrons. The lowest BCUT2D eigenvalue weighted by molar-refractivity contribution is -0.131. The zero-order chi connectivity index (χ0) is 16.8. The number of likely N-dealkylation sites (N-methyl/N-ethyl adjacent to an activating group) is 1. The van der Waals surface area contributed by atoms with E-state index in [0.29, 0.717) is 25.6 Å². The van der Waals surface area contributed by atoms with E-state index in [0.717, 1.165) is 38.2 Å². The van der Waals surface area contributed by atoms with Crippen molar-refractivity contribution in [1.82, 2.24) is 24.6 Å². The van der Waals surface area contributed by atoms with Gasteiger partial charge in [-0.3, -0.25) is 9.36 Å². The highest BCUT2D eigenvalue weighted by Gasteiger charge is 2.21. The molecule has 1 fully saturated rings. The molecular weight excluding hydrogens is 294 g/mol. The van der Waals surface area contributed by atoms with Gasteiger partial charge in [-0.2, -0.15) is 5.10 Å². The maximum absolute atomic E-state index is 12.5. The third-order valence-corrected chi connectivity index (χ3v) is 4.65. The maximum Gasteiger partial charge on any atom is 0.346 e. The molecule has 23 heavy (non-hydrogen) atoms. The van der Waals surface area contributed by atoms with E-state index in [2.05, 4.69) is 10.4 Å². The number of rotatable bonds is 7. The summed E-state index contributed by atoms with van der Waals surface area (Å²) in [6.07, 6.45) is 3.05. The van der Waals surface area contributed by atoms with E-state index in [1.165, 1.54) is 4.68 Å². The Labute approximate surface area is 137 Å². The van der Waals surface area contributed by atoms with E-state index >= 15 is 0 Å². The van der Waals surface area contributed by atoms with E-state index in [9.17, 15) is 9.59 Å². The molecule has 0 spiro atoms. The first-order chi connectivity index (χ1) is 11.1. The van der Waals surface area contributed by atoms with Gasteiger partial charge in [0.05, 0.1) is 0 Å². The van der Waals surface area contributed by atoms with Crippen LogP contribution in [0.5, 0.6) is 0 Å². The van der Waals surface area contributed by atoms with Gasteiger partial charge in [-0.25, -0.2) is 9.48 Å². The highest BCUT2D eigenvalue weighted by molar-refractivity contribution is 5.75. The molecule has 0 bridgehead atoms. The Morgan fingerprint density at radius 2 is 1.91 bits per heavy atom. The summed E-state index contributed by atoms with van der Waals surface area (Å²) in [7, 11) is 0. The Balaban J connectivity index is 2.14. The summed E-state index contributed by atoms with van der Waals surface area (Å²) in [6, 6.07) is 0. The van der Waals surface area contributed by atoms with Crippen LogP contribution in [0.2, 0.25) is 0 Å². The van der Waals surface area contributed by atoms with Crippen LogP contribution in [0.1, 0.15) is 39.4 Å². The molecule has 0 aromatic carbocycles. The number of amides is 1. The van der Waals surface area contributed by atoms with Crippen LogP contribution >= 0.6 is 0 Å². The van der Waals surface area contributed by atoms with E-state index in [1.54, 1.807) is 9.47 Å². The molecule has 1 saturated heterocycles. The van der Waals surface area contributed by atoms with Gasteiger partial charge in [0.2, 0.25) is 5.91 Å². The summed E-state index contributed by atoms with van der Waals surface area (Å²) < 4.78 is 3.04. The topological polar surface area (TPSA) is 72.2 Å². The minimum atomic E-state index is -0.169. The molecule has 1 aromatic heterocycles. The van der Waals surface area contributed by atoms with Crippen LogP contribution in [0.4, 0.5) is 0 Å². The summed E-state index contributed by atoms with van der Waals surface area (Å²) in [5.41, 5.74) is -0.169. The average molecular weight is 323 g/mol. The fourth-order valence-electron chi connectivity index (χ4n) is 3.21. The zero-order valence-electron chi connectivity index (χ0n) is 14.5. The molecule has 1 aliphatic rings. The fraction of sp³-hybridized carbons (Fsp3) is 0.812. The Morgan fingerprint density at radius 3 is 2.48 bits per heavy atom. The smallest absolute Gasteiger partial charge is 0.342 e. The van der Waals surface area contributed by atoms with Gasteiger partial charge in [-0.05, 0) is 52.6 Å². The van der Waals surface area contributed by atoms with Gasteiger partial charge < -0.3 is 10.2 Å². The average Bonchev–Trinajstić information content (AvgIpc) is 2.84. The lowest BCUT2D eigenvalue weighted by Crippen LogP contribution is -2.37. The highest BCUT2D eigenvalue weighted by Crippen LogP contribution is 2.16. The van der Waals surface area contributed by atoms with Crippen molar-refractivity contribution in [3.05, 3.63) is 16.3 Å². The molecule has 130 valence electrons. The van der Waals surface area contributed by atoms with Gasteiger partial charge in [0.25, 0.3) is 0 Å². The van der Waals surface area contributed by atoms with E-state index in [1.807, 2.05) is 20.8 Å². The number of hydrogen-bond acceptors (Lipinski definition) is 4. The molecule has 1 aliphatic heterocycles. The predicted octanol–water partition coefficient (Wildman–Crippen LogP) is 0.475. The molecule has 1 N–H and O–H groups in total. The molecular formula is C16H29N5O2. The third kappa shape index (κ3) is 4.22. The van der Waals surface area contributed by atoms with Crippen molar-refractivity contribution in [3.63, 3.8) is 0 Å². The molecule has 1 aromatic rings. The van der Waals surface area contributed by atoms with Gasteiger partial charge in [-0.1, -0.05) is 0 Å². The van der Waals surface area contributed by atoms with Gasteiger partial charge in [-0.15, -0.1) is 0 Å². The molecule has 7 nitrogen and oxygen atoms in total. The molecule has 0 atom stereocenters. The number of hydrogen-bond donors (Lipinski definition) is 1. The van der Waals surface area contributed by atoms with Gasteiger partial charge in [0.1, 0.15) is 12.4 Å². The van der Waals surface area contributed by atoms with Crippen LogP contribution in [-0.2, 0) is 24.3 Å². The minimum Gasteiger partial charge on any atom is -0.342 e. The summed E-state index contributed by atoms with van der Waals surface area (Å²) in [5.74, 6) is 1.33. The number of carbonyl (C=O) groups is 1. The number of piperidine rings is 1. The standard InChI is InChI=1S/C16H29N5O2/c1-4-19(5-2)15(22)12-21-16(23)20(6-3)14(18-21)11-13-7-9-17-10-8-13/h13,17H,4-12H2,1-3H3. The molecule has 2 heterocycles. The monoisotopic (exact) mass is 323 g/mol. The summed E-state index contributed by atoms with van der Waals surface area (Å²) in [6.45, 7) is 9.83. The Bertz CT molecular complexity index is 568. The van der Waals surface area contributed by atoms with Crippen molar-refractivity contribution in [2.75, 3.05) is 26.2 Å². The van der Waals surface area contributed by atoms with Crippen molar-refractivity contribution in [2.45, 2.75) is 53.1 Å². The van der Waals surface area contributed by atoms with E-state index in [-0.39, 0.29) is 18.1 Å². The Morgan fingerprint density at radius 1 is 1.26 bits per heavy atom. The van der Waals surface area contributed by atoms with E-state index < -0.39 is 0 Å². The Kier molecular flexibility index (Phi) is 6.38. The van der Waals surface area contributed by atoms with Crippen LogP contribution in [0.3, 0.4) is 0 Å². The quantitative estimate of drug-likeness (QED) is 0.792. The third-order valence-electron chi connectivity index (χ3n) is 4.65. The van der Waals surface area contributed by atoms with Crippen LogP contribution in [-0.4, -0.2) is 51.3 Å². The molecule has 7 heteroatoms. The zero-order valence-corrected chi connectivity index (χ0v) is 14.5. The first kappa shape index (κ1) is 17.7. The molecule has 0 unspecified atom stereocenters. The predicted molar refractivity (Wildman–Crippen MR) is 89.4 cm³/mol. The van der Waals surface area contributed by atoms with Crippen LogP contribution in [0, 0.1) is 5.92 Å². The second kappa shape index (κ2) is 8.29. The van der Waals surface area contributed by atoms with E-state index in [4.69, 9.17) is 0 Å². The first-order valence-electron chi connectivity index (χ1n) is 8.75. The van der Waals surface area contributed by atoms with Gasteiger partial charge in [0.15, 0.2) is 0 Å². The summed E-state index contributed by atoms with van der Waals surface area (Å²) in [4.78, 5) is 26.4. The number of nitrogens with one attached hydrogen (secondary N) is 1. The number of aromatic nitrogens is 3. The van der Waals surface area contributed by atoms with Crippen LogP contribution in [0.15, 0.2) is 4.79 Å². The maximum atomic E-state index is 12.5. The lowest BCUT2D eigenvalue weighted by Gasteiger charge is -2.21. The molecule has 0 saturated carbocycles. The largest absolute Gasteiger partial charge is 0.346 e. The Hall–Kier alpha value is -1.63. The minimum absolute atomic E-state index is 0.0345. The number of carbonyl (C=O) groups excluding carboxylic acids is 1. The summed E-state index contributed by atoms with van der Waals surface area (Å²) in [5, 5.41) is 7.82. The highest BCUT2D eigenvalue weighted by atomic mass is 16.2. The van der Waals surface area contributed by atoms with Gasteiger partial charge in [0, 0.05) is 26.1 Å². The molecule has 2 rings (SSSR count).